The number of hydrogen-bond acceptors (Lipinski definition) is 5. The van der Waals surface area contributed by atoms with Crippen LogP contribution in [-0.2, 0) is 4.79 Å². The van der Waals surface area contributed by atoms with Crippen molar-refractivity contribution in [2.24, 2.45) is 0 Å². The van der Waals surface area contributed by atoms with E-state index in [2.05, 4.69) is 20.5 Å². The normalized spacial score (nSPS) is 12.0. The lowest BCUT2D eigenvalue weighted by molar-refractivity contribution is -0.115. The molecule has 22 heavy (non-hydrogen) atoms. The van der Waals surface area contributed by atoms with Gasteiger partial charge in [-0.25, -0.2) is 0 Å². The number of rotatable bonds is 4. The molecule has 116 valence electrons. The molecule has 0 aliphatic rings. The Morgan fingerprint density at radius 1 is 1.36 bits per heavy atom. The number of amides is 1. The molecule has 0 unspecified atom stereocenters. The van der Waals surface area contributed by atoms with Crippen LogP contribution in [0.1, 0.15) is 12.6 Å². The summed E-state index contributed by atoms with van der Waals surface area (Å²) in [5.74, 6) is -0.294. The van der Waals surface area contributed by atoms with E-state index in [1.807, 2.05) is 0 Å². The Kier molecular flexibility index (Phi) is 5.44. The van der Waals surface area contributed by atoms with Crippen LogP contribution in [0.4, 0.5) is 5.69 Å². The minimum absolute atomic E-state index is 0.271. The van der Waals surface area contributed by atoms with Gasteiger partial charge < -0.3 is 5.32 Å². The smallest absolute Gasteiger partial charge is 0.273 e. The maximum absolute atomic E-state index is 12.2. The average Bonchev–Trinajstić information content (AvgIpc) is 2.46. The summed E-state index contributed by atoms with van der Waals surface area (Å²) < 4.78 is 0. The Hall–Kier alpha value is -1.57. The third kappa shape index (κ3) is 4.22. The molecule has 0 radical (unpaired) electrons. The van der Waals surface area contributed by atoms with Crippen LogP contribution in [0.5, 0.6) is 0 Å². The van der Waals surface area contributed by atoms with E-state index < -0.39 is 5.25 Å². The monoisotopic (exact) mass is 358 g/mol. The molecule has 0 aliphatic heterocycles. The molecule has 1 aromatic heterocycles. The molecular formula is C13H12Cl2N4O2S. The molecule has 2 aromatic rings. The predicted molar refractivity (Wildman–Crippen MR) is 87.8 cm³/mol. The van der Waals surface area contributed by atoms with E-state index in [4.69, 9.17) is 23.2 Å². The molecule has 1 atom stereocenters. The molecule has 0 bridgehead atoms. The first-order valence-electron chi connectivity index (χ1n) is 6.23. The van der Waals surface area contributed by atoms with Gasteiger partial charge >= 0.3 is 0 Å². The van der Waals surface area contributed by atoms with Gasteiger partial charge in [0, 0.05) is 5.02 Å². The first-order chi connectivity index (χ1) is 10.4. The van der Waals surface area contributed by atoms with E-state index in [1.54, 1.807) is 32.0 Å². The van der Waals surface area contributed by atoms with Crippen LogP contribution in [-0.4, -0.2) is 26.3 Å². The number of H-pyrrole nitrogens is 1. The van der Waals surface area contributed by atoms with Crippen molar-refractivity contribution in [2.45, 2.75) is 24.3 Å². The highest BCUT2D eigenvalue weighted by molar-refractivity contribution is 8.00. The van der Waals surface area contributed by atoms with E-state index in [0.717, 1.165) is 11.8 Å². The number of carbonyl (C=O) groups excluding carboxylic acids is 1. The number of aryl methyl sites for hydroxylation is 1. The fourth-order valence-corrected chi connectivity index (χ4v) is 2.56. The van der Waals surface area contributed by atoms with Gasteiger partial charge in [0.15, 0.2) is 5.16 Å². The van der Waals surface area contributed by atoms with Gasteiger partial charge in [-0.1, -0.05) is 35.0 Å². The van der Waals surface area contributed by atoms with E-state index in [9.17, 15) is 9.59 Å². The summed E-state index contributed by atoms with van der Waals surface area (Å²) in [4.78, 5) is 26.2. The van der Waals surface area contributed by atoms with Crippen molar-refractivity contribution in [1.29, 1.82) is 0 Å². The Morgan fingerprint density at radius 2 is 2.09 bits per heavy atom. The van der Waals surface area contributed by atoms with E-state index in [0.29, 0.717) is 15.7 Å². The standard InChI is InChI=1S/C13H12Cl2N4O2S/c1-6-11(20)17-13(19-18-6)22-7(2)12(21)16-10-5-8(14)3-4-9(10)15/h3-5,7H,1-2H3,(H,16,21)(H,17,19,20)/t7-/m0/s1. The second-order valence-corrected chi connectivity index (χ2v) is 6.59. The van der Waals surface area contributed by atoms with Crippen molar-refractivity contribution >= 4 is 46.6 Å². The zero-order valence-electron chi connectivity index (χ0n) is 11.7. The molecule has 1 amide bonds. The first kappa shape index (κ1) is 16.8. The van der Waals surface area contributed by atoms with Crippen molar-refractivity contribution in [3.8, 4) is 0 Å². The van der Waals surface area contributed by atoms with Crippen LogP contribution < -0.4 is 10.9 Å². The Balaban J connectivity index is 2.07. The molecular weight excluding hydrogens is 347 g/mol. The summed E-state index contributed by atoms with van der Waals surface area (Å²) in [5.41, 5.74) is 0.366. The summed E-state index contributed by atoms with van der Waals surface area (Å²) in [5, 5.41) is 10.8. The molecule has 9 heteroatoms. The minimum Gasteiger partial charge on any atom is -0.324 e. The molecule has 2 rings (SSSR count). The number of aromatic amines is 1. The molecule has 0 saturated heterocycles. The van der Waals surface area contributed by atoms with Gasteiger partial charge in [-0.15, -0.1) is 10.2 Å². The molecule has 0 spiro atoms. The van der Waals surface area contributed by atoms with Crippen LogP contribution in [0, 0.1) is 6.92 Å². The van der Waals surface area contributed by atoms with Crippen molar-refractivity contribution in [3.05, 3.63) is 44.3 Å². The number of hydrogen-bond donors (Lipinski definition) is 2. The second kappa shape index (κ2) is 7.13. The topological polar surface area (TPSA) is 87.7 Å². The number of nitrogens with one attached hydrogen (secondary N) is 2. The van der Waals surface area contributed by atoms with Crippen molar-refractivity contribution in [2.75, 3.05) is 5.32 Å². The van der Waals surface area contributed by atoms with Crippen LogP contribution in [0.25, 0.3) is 0 Å². The fourth-order valence-electron chi connectivity index (χ4n) is 1.48. The molecule has 0 fully saturated rings. The summed E-state index contributed by atoms with van der Waals surface area (Å²) in [6.07, 6.45) is 0. The highest BCUT2D eigenvalue weighted by atomic mass is 35.5. The van der Waals surface area contributed by atoms with Gasteiger partial charge in [0.2, 0.25) is 5.91 Å². The Labute approximate surface area is 140 Å². The number of nitrogens with zero attached hydrogens (tertiary/aromatic N) is 2. The number of halogens is 2. The lowest BCUT2D eigenvalue weighted by Gasteiger charge is -2.12. The van der Waals surface area contributed by atoms with Crippen molar-refractivity contribution < 1.29 is 4.79 Å². The fraction of sp³-hybridized carbons (Fsp3) is 0.231. The molecule has 1 heterocycles. The molecule has 0 saturated carbocycles. The van der Waals surface area contributed by atoms with Gasteiger partial charge in [0.05, 0.1) is 16.0 Å². The van der Waals surface area contributed by atoms with Gasteiger partial charge in [0.1, 0.15) is 5.69 Å². The second-order valence-electron chi connectivity index (χ2n) is 4.42. The highest BCUT2D eigenvalue weighted by Gasteiger charge is 2.17. The van der Waals surface area contributed by atoms with E-state index >= 15 is 0 Å². The van der Waals surface area contributed by atoms with Gasteiger partial charge in [-0.05, 0) is 32.0 Å². The zero-order chi connectivity index (χ0) is 16.3. The predicted octanol–water partition coefficient (Wildman–Crippen LogP) is 2.90. The lowest BCUT2D eigenvalue weighted by atomic mass is 10.3. The van der Waals surface area contributed by atoms with Crippen LogP contribution in [0.2, 0.25) is 10.0 Å². The zero-order valence-corrected chi connectivity index (χ0v) is 14.0. The Bertz CT molecular complexity index is 766. The van der Waals surface area contributed by atoms with Crippen molar-refractivity contribution in [1.82, 2.24) is 15.2 Å². The number of benzene rings is 1. The third-order valence-corrected chi connectivity index (χ3v) is 4.22. The molecule has 6 nitrogen and oxygen atoms in total. The maximum atomic E-state index is 12.2. The minimum atomic E-state index is -0.511. The molecule has 2 N–H and O–H groups in total. The summed E-state index contributed by atoms with van der Waals surface area (Å²) >= 11 is 12.9. The van der Waals surface area contributed by atoms with E-state index in [-0.39, 0.29) is 22.3 Å². The SMILES string of the molecule is Cc1nnc(S[C@@H](C)C(=O)Nc2cc(Cl)ccc2Cl)[nH]c1=O. The first-order valence-corrected chi connectivity index (χ1v) is 7.86. The van der Waals surface area contributed by atoms with Gasteiger partial charge in [-0.2, -0.15) is 0 Å². The van der Waals surface area contributed by atoms with Crippen LogP contribution in [0.3, 0.4) is 0 Å². The van der Waals surface area contributed by atoms with Gasteiger partial charge in [0.25, 0.3) is 5.56 Å². The number of carbonyl (C=O) groups is 1. The summed E-state index contributed by atoms with van der Waals surface area (Å²) in [6.45, 7) is 3.23. The summed E-state index contributed by atoms with van der Waals surface area (Å²) in [7, 11) is 0. The lowest BCUT2D eigenvalue weighted by Crippen LogP contribution is -2.24. The Morgan fingerprint density at radius 3 is 2.77 bits per heavy atom. The van der Waals surface area contributed by atoms with Crippen molar-refractivity contribution in [3.63, 3.8) is 0 Å². The molecule has 0 aliphatic carbocycles. The van der Waals surface area contributed by atoms with E-state index in [1.165, 1.54) is 0 Å². The highest BCUT2D eigenvalue weighted by Crippen LogP contribution is 2.27. The number of anilines is 1. The number of aromatic nitrogens is 3. The third-order valence-electron chi connectivity index (χ3n) is 2.68. The quantitative estimate of drug-likeness (QED) is 0.820. The summed E-state index contributed by atoms with van der Waals surface area (Å²) in [6, 6.07) is 4.79. The maximum Gasteiger partial charge on any atom is 0.273 e. The average molecular weight is 359 g/mol. The largest absolute Gasteiger partial charge is 0.324 e. The molecule has 1 aromatic carbocycles. The van der Waals surface area contributed by atoms with Gasteiger partial charge in [-0.3, -0.25) is 14.6 Å². The van der Waals surface area contributed by atoms with Crippen LogP contribution >= 0.6 is 35.0 Å². The van der Waals surface area contributed by atoms with Crippen LogP contribution in [0.15, 0.2) is 28.2 Å². The number of thioether (sulfide) groups is 1.